The number of fused-ring (bicyclic) bond motifs is 5. The van der Waals surface area contributed by atoms with Crippen molar-refractivity contribution in [2.24, 2.45) is 28.6 Å². The summed E-state index contributed by atoms with van der Waals surface area (Å²) in [7, 11) is 0. The van der Waals surface area contributed by atoms with Crippen LogP contribution in [-0.4, -0.2) is 51.0 Å². The summed E-state index contributed by atoms with van der Waals surface area (Å²) in [5.41, 5.74) is -2.78. The van der Waals surface area contributed by atoms with Crippen LogP contribution in [-0.2, 0) is 14.4 Å². The molecule has 0 amide bonds. The van der Waals surface area contributed by atoms with Crippen LogP contribution in [0.25, 0.3) is 0 Å². The predicted octanol–water partition coefficient (Wildman–Crippen LogP) is 0.737. The Bertz CT molecular complexity index is 796. The number of allylic oxidation sites excluding steroid dienone is 4. The maximum Gasteiger partial charge on any atom is 0.192 e. The van der Waals surface area contributed by atoms with Gasteiger partial charge in [0.2, 0.25) is 0 Å². The lowest BCUT2D eigenvalue weighted by Crippen LogP contribution is -2.63. The highest BCUT2D eigenvalue weighted by Crippen LogP contribution is 2.66. The Hall–Kier alpha value is -1.63. The van der Waals surface area contributed by atoms with E-state index in [0.29, 0.717) is 12.8 Å². The third-order valence-corrected chi connectivity index (χ3v) is 8.05. The summed E-state index contributed by atoms with van der Waals surface area (Å²) in [6.07, 6.45) is 5.23. The number of Topliss-reactive ketones (excluding diaryl/α,β-unsaturated/α-hetero) is 2. The molecule has 3 fully saturated rings. The molecule has 6 nitrogen and oxygen atoms in total. The molecule has 0 spiro atoms. The van der Waals surface area contributed by atoms with E-state index in [-0.39, 0.29) is 42.2 Å². The van der Waals surface area contributed by atoms with Crippen molar-refractivity contribution in [1.82, 2.24) is 0 Å². The molecule has 27 heavy (non-hydrogen) atoms. The normalized spacial score (nSPS) is 48.6. The molecular formula is C21H26O6. The average molecular weight is 374 g/mol. The average Bonchev–Trinajstić information content (AvgIpc) is 2.82. The van der Waals surface area contributed by atoms with E-state index < -0.39 is 34.9 Å². The van der Waals surface area contributed by atoms with E-state index in [0.717, 1.165) is 5.57 Å². The molecule has 146 valence electrons. The molecule has 0 saturated heterocycles. The third kappa shape index (κ3) is 2.15. The zero-order valence-corrected chi connectivity index (χ0v) is 15.6. The molecule has 3 saturated carbocycles. The van der Waals surface area contributed by atoms with Crippen molar-refractivity contribution >= 4 is 17.3 Å². The summed E-state index contributed by atoms with van der Waals surface area (Å²) in [4.78, 5) is 37.5. The largest absolute Gasteiger partial charge is 0.390 e. The van der Waals surface area contributed by atoms with Crippen molar-refractivity contribution < 1.29 is 29.7 Å². The van der Waals surface area contributed by atoms with Crippen molar-refractivity contribution in [1.29, 1.82) is 0 Å². The minimum Gasteiger partial charge on any atom is -0.390 e. The number of carbonyl (C=O) groups is 3. The molecule has 0 bridgehead atoms. The van der Waals surface area contributed by atoms with Crippen LogP contribution < -0.4 is 0 Å². The fourth-order valence-electron chi connectivity index (χ4n) is 6.67. The maximum absolute atomic E-state index is 13.3. The van der Waals surface area contributed by atoms with Gasteiger partial charge in [-0.3, -0.25) is 14.4 Å². The van der Waals surface area contributed by atoms with Gasteiger partial charge in [-0.15, -0.1) is 0 Å². The van der Waals surface area contributed by atoms with Crippen LogP contribution in [0.2, 0.25) is 0 Å². The van der Waals surface area contributed by atoms with Crippen LogP contribution >= 0.6 is 0 Å². The lowest BCUT2D eigenvalue weighted by molar-refractivity contribution is -0.179. The summed E-state index contributed by atoms with van der Waals surface area (Å²) in [6, 6.07) is 0. The van der Waals surface area contributed by atoms with Gasteiger partial charge < -0.3 is 15.3 Å². The number of aliphatic hydroxyl groups is 3. The summed E-state index contributed by atoms with van der Waals surface area (Å²) < 4.78 is 0. The van der Waals surface area contributed by atoms with E-state index in [1.165, 1.54) is 6.08 Å². The van der Waals surface area contributed by atoms with Gasteiger partial charge in [0.05, 0.1) is 6.10 Å². The first-order valence-corrected chi connectivity index (χ1v) is 9.61. The molecule has 0 aromatic rings. The van der Waals surface area contributed by atoms with Gasteiger partial charge in [0.15, 0.2) is 17.2 Å². The fourth-order valence-corrected chi connectivity index (χ4v) is 6.67. The first kappa shape index (κ1) is 18.7. The van der Waals surface area contributed by atoms with Crippen molar-refractivity contribution in [3.05, 3.63) is 23.8 Å². The van der Waals surface area contributed by atoms with Gasteiger partial charge in [0, 0.05) is 23.2 Å². The van der Waals surface area contributed by atoms with Crippen molar-refractivity contribution in [3.8, 4) is 0 Å². The van der Waals surface area contributed by atoms with E-state index in [2.05, 4.69) is 0 Å². The number of carbonyl (C=O) groups excluding carboxylic acids is 3. The molecule has 6 heteroatoms. The van der Waals surface area contributed by atoms with E-state index in [4.69, 9.17) is 0 Å². The molecule has 0 unspecified atom stereocenters. The number of hydrogen-bond donors (Lipinski definition) is 3. The second kappa shape index (κ2) is 5.69. The summed E-state index contributed by atoms with van der Waals surface area (Å²) >= 11 is 0. The smallest absolute Gasteiger partial charge is 0.192 e. The molecule has 0 aromatic carbocycles. The van der Waals surface area contributed by atoms with Gasteiger partial charge in [-0.05, 0) is 43.3 Å². The Morgan fingerprint density at radius 1 is 1.30 bits per heavy atom. The van der Waals surface area contributed by atoms with E-state index in [1.807, 2.05) is 13.0 Å². The second-order valence-corrected chi connectivity index (χ2v) is 9.13. The quantitative estimate of drug-likeness (QED) is 0.657. The Morgan fingerprint density at radius 3 is 2.67 bits per heavy atom. The monoisotopic (exact) mass is 374 g/mol. The Labute approximate surface area is 158 Å². The van der Waals surface area contributed by atoms with Gasteiger partial charge in [-0.2, -0.15) is 0 Å². The van der Waals surface area contributed by atoms with E-state index >= 15 is 0 Å². The maximum atomic E-state index is 13.3. The number of rotatable bonds is 2. The van der Waals surface area contributed by atoms with Crippen molar-refractivity contribution in [2.45, 2.75) is 51.2 Å². The van der Waals surface area contributed by atoms with Gasteiger partial charge in [-0.25, -0.2) is 0 Å². The second-order valence-electron chi connectivity index (χ2n) is 9.13. The van der Waals surface area contributed by atoms with Crippen molar-refractivity contribution in [2.75, 3.05) is 6.61 Å². The highest BCUT2D eigenvalue weighted by atomic mass is 16.4. The Kier molecular flexibility index (Phi) is 3.94. The summed E-state index contributed by atoms with van der Waals surface area (Å²) in [5.74, 6) is -1.57. The van der Waals surface area contributed by atoms with Crippen LogP contribution in [0.5, 0.6) is 0 Å². The molecule has 3 N–H and O–H groups in total. The minimum atomic E-state index is -2.11. The Balaban J connectivity index is 1.79. The molecule has 0 radical (unpaired) electrons. The topological polar surface area (TPSA) is 112 Å². The molecule has 0 aromatic heterocycles. The first-order chi connectivity index (χ1) is 12.6. The van der Waals surface area contributed by atoms with Crippen LogP contribution in [0.15, 0.2) is 23.8 Å². The molecule has 0 heterocycles. The lowest BCUT2D eigenvalue weighted by Gasteiger charge is -2.56. The zero-order valence-electron chi connectivity index (χ0n) is 15.6. The number of hydrogen-bond acceptors (Lipinski definition) is 6. The lowest BCUT2D eigenvalue weighted by atomic mass is 9.46. The molecule has 4 rings (SSSR count). The molecule has 4 aliphatic carbocycles. The van der Waals surface area contributed by atoms with E-state index in [1.54, 1.807) is 13.0 Å². The summed E-state index contributed by atoms with van der Waals surface area (Å²) in [6.45, 7) is 2.81. The predicted molar refractivity (Wildman–Crippen MR) is 95.4 cm³/mol. The summed E-state index contributed by atoms with van der Waals surface area (Å²) in [5, 5.41) is 31.1. The van der Waals surface area contributed by atoms with Gasteiger partial charge in [0.25, 0.3) is 0 Å². The molecular weight excluding hydrogens is 348 g/mol. The van der Waals surface area contributed by atoms with Gasteiger partial charge in [0.1, 0.15) is 12.4 Å². The molecule has 7 atom stereocenters. The molecule has 0 aliphatic heterocycles. The van der Waals surface area contributed by atoms with E-state index in [9.17, 15) is 29.7 Å². The zero-order chi connectivity index (χ0) is 19.8. The minimum absolute atomic E-state index is 0.0250. The first-order valence-electron chi connectivity index (χ1n) is 9.61. The number of ketones is 3. The highest BCUT2D eigenvalue weighted by Gasteiger charge is 2.71. The van der Waals surface area contributed by atoms with Crippen LogP contribution in [0.1, 0.15) is 39.5 Å². The molecule has 4 aliphatic rings. The van der Waals surface area contributed by atoms with Gasteiger partial charge >= 0.3 is 0 Å². The van der Waals surface area contributed by atoms with Crippen molar-refractivity contribution in [3.63, 3.8) is 0 Å². The van der Waals surface area contributed by atoms with Crippen LogP contribution in [0.4, 0.5) is 0 Å². The van der Waals surface area contributed by atoms with Crippen LogP contribution in [0, 0.1) is 28.6 Å². The number of aliphatic hydroxyl groups excluding tert-OH is 2. The third-order valence-electron chi connectivity index (χ3n) is 8.05. The SMILES string of the molecule is C[C@]12C=CC(=O)C=C1CC[C@@H]1[C@@H]2C(=O)C[C@@]2(C)[C@H]1C[C@@H](O)[C@]2(O)C(=O)CO. The Morgan fingerprint density at radius 2 is 2.00 bits per heavy atom. The standard InChI is InChI=1S/C21H26O6/c1-19-6-5-12(23)7-11(19)3-4-13-14-8-16(25)21(27,17(26)10-22)20(14,2)9-15(24)18(13)19/h5-7,13-14,16,18,22,25,27H,3-4,8-10H2,1-2H3/t13-,14-,16+,18+,19-,20-,21-/m0/s1. The fraction of sp³-hybridized carbons (Fsp3) is 0.667. The van der Waals surface area contributed by atoms with Crippen LogP contribution in [0.3, 0.4) is 0 Å². The van der Waals surface area contributed by atoms with Gasteiger partial charge in [-0.1, -0.05) is 25.5 Å². The highest BCUT2D eigenvalue weighted by molar-refractivity contribution is 6.02.